The van der Waals surface area contributed by atoms with Gasteiger partial charge in [0.05, 0.1) is 5.69 Å². The molecule has 0 N–H and O–H groups in total. The summed E-state index contributed by atoms with van der Waals surface area (Å²) in [6.45, 7) is 8.63. The monoisotopic (exact) mass is 231 g/mol. The van der Waals surface area contributed by atoms with Gasteiger partial charge in [0, 0.05) is 0 Å². The maximum atomic E-state index is 10.6. The number of rotatable bonds is 5. The maximum absolute atomic E-state index is 10.6. The molecular formula is C15H21NO. The molecule has 0 aliphatic carbocycles. The number of aliphatic imine (C=N–C) groups is 1. The molecule has 0 radical (unpaired) electrons. The van der Waals surface area contributed by atoms with Gasteiger partial charge >= 0.3 is 0 Å². The van der Waals surface area contributed by atoms with Gasteiger partial charge in [-0.25, -0.2) is 4.79 Å². The summed E-state index contributed by atoms with van der Waals surface area (Å²) in [6.07, 6.45) is 3.79. The molecule has 0 spiro atoms. The van der Waals surface area contributed by atoms with Gasteiger partial charge in [-0.15, -0.1) is 0 Å². The third-order valence-corrected chi connectivity index (χ3v) is 3.54. The summed E-state index contributed by atoms with van der Waals surface area (Å²) >= 11 is 0. The van der Waals surface area contributed by atoms with Crippen LogP contribution in [-0.2, 0) is 4.79 Å². The van der Waals surface area contributed by atoms with Crippen molar-refractivity contribution in [3.63, 3.8) is 0 Å². The van der Waals surface area contributed by atoms with Crippen LogP contribution in [0.3, 0.4) is 0 Å². The Hall–Kier alpha value is -1.40. The number of para-hydroxylation sites is 1. The number of carbonyl (C=O) groups excluding carboxylic acids is 1. The van der Waals surface area contributed by atoms with Crippen LogP contribution in [0.15, 0.2) is 23.2 Å². The topological polar surface area (TPSA) is 29.4 Å². The summed E-state index contributed by atoms with van der Waals surface area (Å²) in [7, 11) is 0. The van der Waals surface area contributed by atoms with E-state index >= 15 is 0 Å². The van der Waals surface area contributed by atoms with Crippen LogP contribution in [0.1, 0.15) is 63.5 Å². The fourth-order valence-electron chi connectivity index (χ4n) is 1.99. The number of hydrogen-bond acceptors (Lipinski definition) is 2. The lowest BCUT2D eigenvalue weighted by molar-refractivity contribution is 0.565. The Labute approximate surface area is 104 Å². The Morgan fingerprint density at radius 1 is 1.12 bits per heavy atom. The van der Waals surface area contributed by atoms with Gasteiger partial charge in [-0.3, -0.25) is 0 Å². The molecule has 0 aliphatic heterocycles. The van der Waals surface area contributed by atoms with Gasteiger partial charge in [0.1, 0.15) is 0 Å². The van der Waals surface area contributed by atoms with E-state index in [9.17, 15) is 4.79 Å². The molecule has 92 valence electrons. The van der Waals surface area contributed by atoms with E-state index in [1.165, 1.54) is 0 Å². The Morgan fingerprint density at radius 2 is 1.59 bits per heavy atom. The van der Waals surface area contributed by atoms with Gasteiger partial charge in [-0.2, -0.15) is 4.99 Å². The first-order chi connectivity index (χ1) is 8.15. The van der Waals surface area contributed by atoms with Gasteiger partial charge < -0.3 is 0 Å². The van der Waals surface area contributed by atoms with Crippen molar-refractivity contribution in [2.24, 2.45) is 4.99 Å². The van der Waals surface area contributed by atoms with E-state index in [0.717, 1.165) is 29.7 Å². The van der Waals surface area contributed by atoms with Crippen LogP contribution in [0.25, 0.3) is 0 Å². The first-order valence-electron chi connectivity index (χ1n) is 6.36. The molecule has 2 heteroatoms. The zero-order chi connectivity index (χ0) is 12.8. The first-order valence-corrected chi connectivity index (χ1v) is 6.36. The Kier molecular flexibility index (Phi) is 5.11. The predicted molar refractivity (Wildman–Crippen MR) is 71.6 cm³/mol. The molecule has 0 saturated carbocycles. The van der Waals surface area contributed by atoms with Gasteiger partial charge in [0.2, 0.25) is 6.08 Å². The molecule has 2 atom stereocenters. The highest BCUT2D eigenvalue weighted by Crippen LogP contribution is 2.36. The third kappa shape index (κ3) is 3.04. The Bertz CT molecular complexity index is 391. The third-order valence-electron chi connectivity index (χ3n) is 3.54. The molecule has 0 saturated heterocycles. The molecule has 1 rings (SSSR count). The smallest absolute Gasteiger partial charge is 0.211 e. The van der Waals surface area contributed by atoms with Gasteiger partial charge in [0.25, 0.3) is 0 Å². The standard InChI is InChI=1S/C15H21NO/c1-5-11(3)13-8-7-9-14(12(4)6-2)15(13)16-10-17/h7-9,11-12H,5-6H2,1-4H3. The van der Waals surface area contributed by atoms with E-state index < -0.39 is 0 Å². The second kappa shape index (κ2) is 6.36. The van der Waals surface area contributed by atoms with E-state index in [1.54, 1.807) is 6.08 Å². The number of nitrogens with zero attached hydrogens (tertiary/aromatic N) is 1. The highest BCUT2D eigenvalue weighted by Gasteiger charge is 2.15. The average molecular weight is 231 g/mol. The lowest BCUT2D eigenvalue weighted by Gasteiger charge is -2.17. The number of benzene rings is 1. The molecule has 0 fully saturated rings. The van der Waals surface area contributed by atoms with Gasteiger partial charge in [-0.1, -0.05) is 45.9 Å². The summed E-state index contributed by atoms with van der Waals surface area (Å²) in [5.41, 5.74) is 3.16. The molecule has 1 aromatic rings. The highest BCUT2D eigenvalue weighted by molar-refractivity contribution is 5.60. The molecule has 0 aliphatic rings. The molecule has 0 heterocycles. The minimum atomic E-state index is 0.422. The van der Waals surface area contributed by atoms with Crippen molar-refractivity contribution in [3.05, 3.63) is 29.3 Å². The van der Waals surface area contributed by atoms with Gasteiger partial charge in [0.15, 0.2) is 0 Å². The van der Waals surface area contributed by atoms with Crippen LogP contribution >= 0.6 is 0 Å². The zero-order valence-electron chi connectivity index (χ0n) is 11.2. The van der Waals surface area contributed by atoms with E-state index in [1.807, 2.05) is 0 Å². The normalized spacial score (nSPS) is 13.9. The summed E-state index contributed by atoms with van der Waals surface area (Å²) in [5.74, 6) is 0.845. The second-order valence-corrected chi connectivity index (χ2v) is 4.61. The fourth-order valence-corrected chi connectivity index (χ4v) is 1.99. The quantitative estimate of drug-likeness (QED) is 0.534. The van der Waals surface area contributed by atoms with Crippen LogP contribution in [0.2, 0.25) is 0 Å². The minimum Gasteiger partial charge on any atom is -0.211 e. The molecule has 17 heavy (non-hydrogen) atoms. The fraction of sp³-hybridized carbons (Fsp3) is 0.533. The van der Waals surface area contributed by atoms with Crippen LogP contribution in [0, 0.1) is 0 Å². The van der Waals surface area contributed by atoms with Crippen molar-refractivity contribution in [2.45, 2.75) is 52.4 Å². The molecule has 0 amide bonds. The Morgan fingerprint density at radius 3 is 1.94 bits per heavy atom. The van der Waals surface area contributed by atoms with Crippen molar-refractivity contribution in [2.75, 3.05) is 0 Å². The van der Waals surface area contributed by atoms with E-state index in [4.69, 9.17) is 0 Å². The molecular weight excluding hydrogens is 210 g/mol. The van der Waals surface area contributed by atoms with Crippen LogP contribution < -0.4 is 0 Å². The average Bonchev–Trinajstić information content (AvgIpc) is 2.37. The summed E-state index contributed by atoms with van der Waals surface area (Å²) in [5, 5.41) is 0. The molecule has 0 aromatic heterocycles. The van der Waals surface area contributed by atoms with Gasteiger partial charge in [-0.05, 0) is 35.8 Å². The molecule has 2 nitrogen and oxygen atoms in total. The summed E-state index contributed by atoms with van der Waals surface area (Å²) in [4.78, 5) is 14.5. The number of isocyanates is 1. The van der Waals surface area contributed by atoms with E-state index in [0.29, 0.717) is 11.8 Å². The van der Waals surface area contributed by atoms with Crippen molar-refractivity contribution < 1.29 is 4.79 Å². The summed E-state index contributed by atoms with van der Waals surface area (Å²) < 4.78 is 0. The molecule has 1 aromatic carbocycles. The molecule has 0 bridgehead atoms. The SMILES string of the molecule is CCC(C)c1cccc(C(C)CC)c1N=C=O. The van der Waals surface area contributed by atoms with E-state index in [-0.39, 0.29) is 0 Å². The zero-order valence-corrected chi connectivity index (χ0v) is 11.2. The maximum Gasteiger partial charge on any atom is 0.240 e. The number of hydrogen-bond donors (Lipinski definition) is 0. The summed E-state index contributed by atoms with van der Waals surface area (Å²) in [6, 6.07) is 6.19. The van der Waals surface area contributed by atoms with Crippen molar-refractivity contribution in [1.82, 2.24) is 0 Å². The highest BCUT2D eigenvalue weighted by atomic mass is 16.1. The van der Waals surface area contributed by atoms with Crippen molar-refractivity contribution >= 4 is 11.8 Å². The second-order valence-electron chi connectivity index (χ2n) is 4.61. The lowest BCUT2D eigenvalue weighted by Crippen LogP contribution is -1.98. The lowest BCUT2D eigenvalue weighted by atomic mass is 9.89. The van der Waals surface area contributed by atoms with E-state index in [2.05, 4.69) is 50.9 Å². The first kappa shape index (κ1) is 13.7. The minimum absolute atomic E-state index is 0.422. The van der Waals surface area contributed by atoms with Crippen LogP contribution in [0.4, 0.5) is 5.69 Å². The molecule has 2 unspecified atom stereocenters. The van der Waals surface area contributed by atoms with Crippen LogP contribution in [0.5, 0.6) is 0 Å². The Balaban J connectivity index is 3.36. The van der Waals surface area contributed by atoms with Crippen molar-refractivity contribution in [3.8, 4) is 0 Å². The predicted octanol–water partition coefficient (Wildman–Crippen LogP) is 4.68. The largest absolute Gasteiger partial charge is 0.240 e. The van der Waals surface area contributed by atoms with Crippen molar-refractivity contribution in [1.29, 1.82) is 0 Å². The van der Waals surface area contributed by atoms with Crippen LogP contribution in [-0.4, -0.2) is 6.08 Å².